The van der Waals surface area contributed by atoms with Crippen molar-refractivity contribution < 1.29 is 5.11 Å². The second kappa shape index (κ2) is 4.20. The van der Waals surface area contributed by atoms with E-state index in [9.17, 15) is 0 Å². The number of hydrogen-bond donors (Lipinski definition) is 2. The number of rotatable bonds is 3. The number of nitrogens with zero attached hydrogens (tertiary/aromatic N) is 2. The predicted molar refractivity (Wildman–Crippen MR) is 64.1 cm³/mol. The lowest BCUT2D eigenvalue weighted by Crippen LogP contribution is -2.22. The molecule has 1 aromatic heterocycles. The molecule has 5 heteroatoms. The van der Waals surface area contributed by atoms with Gasteiger partial charge in [-0.05, 0) is 18.2 Å². The van der Waals surface area contributed by atoms with Gasteiger partial charge in [0.05, 0.1) is 17.6 Å². The van der Waals surface area contributed by atoms with Crippen molar-refractivity contribution in [1.29, 1.82) is 0 Å². The number of nitrogens with one attached hydrogen (secondary N) is 1. The molecule has 0 amide bonds. The minimum absolute atomic E-state index is 0.122. The van der Waals surface area contributed by atoms with Crippen molar-refractivity contribution in [1.82, 2.24) is 9.97 Å². The van der Waals surface area contributed by atoms with Gasteiger partial charge in [0.2, 0.25) is 5.95 Å². The van der Waals surface area contributed by atoms with E-state index in [1.54, 1.807) is 0 Å². The average molecular weight is 270 g/mol. The van der Waals surface area contributed by atoms with E-state index in [2.05, 4.69) is 25.9 Å². The number of benzene rings is 1. The molecule has 0 bridgehead atoms. The van der Waals surface area contributed by atoms with Gasteiger partial charge in [-0.2, -0.15) is 0 Å². The number of aliphatic hydroxyl groups is 1. The summed E-state index contributed by atoms with van der Waals surface area (Å²) in [6.45, 7) is 0.693. The zero-order valence-corrected chi connectivity index (χ0v) is 9.95. The summed E-state index contributed by atoms with van der Waals surface area (Å²) in [7, 11) is 1.89. The molecule has 0 unspecified atom stereocenters. The number of aromatic amines is 1. The van der Waals surface area contributed by atoms with E-state index in [0.29, 0.717) is 6.54 Å². The van der Waals surface area contributed by atoms with Gasteiger partial charge in [0.1, 0.15) is 0 Å². The minimum Gasteiger partial charge on any atom is -0.395 e. The highest BCUT2D eigenvalue weighted by molar-refractivity contribution is 9.10. The molecule has 1 aromatic carbocycles. The van der Waals surface area contributed by atoms with E-state index >= 15 is 0 Å². The third kappa shape index (κ3) is 2.13. The number of H-pyrrole nitrogens is 1. The number of anilines is 1. The lowest BCUT2D eigenvalue weighted by molar-refractivity contribution is 0.303. The maximum Gasteiger partial charge on any atom is 0.203 e. The summed E-state index contributed by atoms with van der Waals surface area (Å²) in [6.07, 6.45) is 0. The van der Waals surface area contributed by atoms with Crippen LogP contribution in [0, 0.1) is 0 Å². The molecule has 0 atom stereocenters. The minimum atomic E-state index is 0.122. The van der Waals surface area contributed by atoms with Gasteiger partial charge in [0.25, 0.3) is 0 Å². The SMILES string of the molecule is CN(CCO)c1nc2ccc(Br)cc2[nH]1. The number of likely N-dealkylation sites (N-methyl/N-ethyl adjacent to an activating group) is 1. The fourth-order valence-electron chi connectivity index (χ4n) is 1.41. The number of aliphatic hydroxyl groups excluding tert-OH is 1. The van der Waals surface area contributed by atoms with E-state index < -0.39 is 0 Å². The summed E-state index contributed by atoms with van der Waals surface area (Å²) in [6, 6.07) is 5.89. The second-order valence-corrected chi connectivity index (χ2v) is 4.28. The van der Waals surface area contributed by atoms with Gasteiger partial charge in [0, 0.05) is 18.1 Å². The Morgan fingerprint density at radius 2 is 2.33 bits per heavy atom. The van der Waals surface area contributed by atoms with Crippen molar-refractivity contribution in [3.63, 3.8) is 0 Å². The smallest absolute Gasteiger partial charge is 0.203 e. The number of halogens is 1. The monoisotopic (exact) mass is 269 g/mol. The summed E-state index contributed by atoms with van der Waals surface area (Å²) in [5.41, 5.74) is 1.92. The van der Waals surface area contributed by atoms with Crippen LogP contribution in [-0.2, 0) is 0 Å². The van der Waals surface area contributed by atoms with Gasteiger partial charge in [-0.1, -0.05) is 15.9 Å². The zero-order valence-electron chi connectivity index (χ0n) is 8.37. The Kier molecular flexibility index (Phi) is 2.93. The summed E-state index contributed by atoms with van der Waals surface area (Å²) in [5.74, 6) is 0.775. The van der Waals surface area contributed by atoms with E-state index in [4.69, 9.17) is 5.11 Å². The van der Waals surface area contributed by atoms with Crippen molar-refractivity contribution in [3.8, 4) is 0 Å². The van der Waals surface area contributed by atoms with Gasteiger partial charge >= 0.3 is 0 Å². The molecule has 2 aromatic rings. The van der Waals surface area contributed by atoms with Gasteiger partial charge < -0.3 is 15.0 Å². The van der Waals surface area contributed by atoms with E-state index in [0.717, 1.165) is 21.5 Å². The third-order valence-corrected chi connectivity index (χ3v) is 2.72. The number of fused-ring (bicyclic) bond motifs is 1. The van der Waals surface area contributed by atoms with Crippen LogP contribution >= 0.6 is 15.9 Å². The van der Waals surface area contributed by atoms with Gasteiger partial charge in [-0.25, -0.2) is 4.98 Å². The Hall–Kier alpha value is -1.07. The Balaban J connectivity index is 2.38. The molecule has 2 N–H and O–H groups in total. The Labute approximate surface area is 96.1 Å². The molecule has 4 nitrogen and oxygen atoms in total. The molecule has 1 heterocycles. The van der Waals surface area contributed by atoms with Crippen molar-refractivity contribution in [3.05, 3.63) is 22.7 Å². The average Bonchev–Trinajstić information content (AvgIpc) is 2.60. The van der Waals surface area contributed by atoms with Crippen molar-refractivity contribution in [2.45, 2.75) is 0 Å². The van der Waals surface area contributed by atoms with Crippen LogP contribution in [0.15, 0.2) is 22.7 Å². The Bertz CT molecular complexity index is 469. The second-order valence-electron chi connectivity index (χ2n) is 3.37. The summed E-state index contributed by atoms with van der Waals surface area (Å²) in [4.78, 5) is 9.49. The van der Waals surface area contributed by atoms with Crippen molar-refractivity contribution in [2.75, 3.05) is 25.1 Å². The largest absolute Gasteiger partial charge is 0.395 e. The van der Waals surface area contributed by atoms with Gasteiger partial charge in [0.15, 0.2) is 0 Å². The van der Waals surface area contributed by atoms with Crippen LogP contribution in [0.25, 0.3) is 11.0 Å². The molecule has 0 saturated carbocycles. The zero-order chi connectivity index (χ0) is 10.8. The van der Waals surface area contributed by atoms with Crippen LogP contribution in [0.1, 0.15) is 0 Å². The first kappa shape index (κ1) is 10.4. The van der Waals surface area contributed by atoms with Crippen LogP contribution in [0.2, 0.25) is 0 Å². The fraction of sp³-hybridized carbons (Fsp3) is 0.300. The molecule has 0 radical (unpaired) electrons. The normalized spacial score (nSPS) is 10.9. The van der Waals surface area contributed by atoms with Crippen LogP contribution < -0.4 is 4.90 Å². The van der Waals surface area contributed by atoms with Crippen LogP contribution in [-0.4, -0.2) is 35.3 Å². The predicted octanol–water partition coefficient (Wildman–Crippen LogP) is 1.75. The molecule has 0 spiro atoms. The Morgan fingerprint density at radius 1 is 1.53 bits per heavy atom. The van der Waals surface area contributed by atoms with Crippen molar-refractivity contribution in [2.24, 2.45) is 0 Å². The van der Waals surface area contributed by atoms with Crippen LogP contribution in [0.4, 0.5) is 5.95 Å². The molecular formula is C10H12BrN3O. The van der Waals surface area contributed by atoms with E-state index in [-0.39, 0.29) is 6.61 Å². The molecule has 0 saturated heterocycles. The maximum atomic E-state index is 8.83. The molecule has 80 valence electrons. The van der Waals surface area contributed by atoms with Gasteiger partial charge in [-0.15, -0.1) is 0 Å². The van der Waals surface area contributed by atoms with E-state index in [1.165, 1.54) is 0 Å². The number of aromatic nitrogens is 2. The molecule has 15 heavy (non-hydrogen) atoms. The number of imidazole rings is 1. The third-order valence-electron chi connectivity index (χ3n) is 2.23. The lowest BCUT2D eigenvalue weighted by Gasteiger charge is -2.12. The maximum absolute atomic E-state index is 8.83. The molecule has 2 rings (SSSR count). The molecular weight excluding hydrogens is 258 g/mol. The molecule has 0 aliphatic carbocycles. The lowest BCUT2D eigenvalue weighted by atomic mass is 10.3. The summed E-state index contributed by atoms with van der Waals surface area (Å²) < 4.78 is 1.02. The standard InChI is InChI=1S/C10H12BrN3O/c1-14(4-5-15)10-12-8-3-2-7(11)6-9(8)13-10/h2-3,6,15H,4-5H2,1H3,(H,12,13). The highest BCUT2D eigenvalue weighted by atomic mass is 79.9. The number of hydrogen-bond acceptors (Lipinski definition) is 3. The summed E-state index contributed by atoms with van der Waals surface area (Å²) >= 11 is 3.41. The summed E-state index contributed by atoms with van der Waals surface area (Å²) in [5, 5.41) is 8.83. The van der Waals surface area contributed by atoms with Gasteiger partial charge in [-0.3, -0.25) is 0 Å². The topological polar surface area (TPSA) is 52.1 Å². The fourth-order valence-corrected chi connectivity index (χ4v) is 1.77. The molecule has 0 aliphatic heterocycles. The molecule has 0 aliphatic rings. The highest BCUT2D eigenvalue weighted by Crippen LogP contribution is 2.20. The first-order chi connectivity index (χ1) is 7.20. The molecule has 0 fully saturated rings. The van der Waals surface area contributed by atoms with Crippen LogP contribution in [0.5, 0.6) is 0 Å². The van der Waals surface area contributed by atoms with Crippen molar-refractivity contribution >= 4 is 32.9 Å². The first-order valence-electron chi connectivity index (χ1n) is 4.68. The highest BCUT2D eigenvalue weighted by Gasteiger charge is 2.06. The quantitative estimate of drug-likeness (QED) is 0.893. The Morgan fingerprint density at radius 3 is 3.07 bits per heavy atom. The van der Waals surface area contributed by atoms with E-state index in [1.807, 2.05) is 30.1 Å². The van der Waals surface area contributed by atoms with Crippen LogP contribution in [0.3, 0.4) is 0 Å². The first-order valence-corrected chi connectivity index (χ1v) is 5.47.